The first-order valence-corrected chi connectivity index (χ1v) is 23.7. The Bertz CT molecular complexity index is 3210. The number of thiocarbonyl (C=S) groups is 1. The summed E-state index contributed by atoms with van der Waals surface area (Å²) >= 11 is 29.1. The van der Waals surface area contributed by atoms with Crippen molar-refractivity contribution in [3.63, 3.8) is 0 Å². The number of nitrogens with zero attached hydrogens (tertiary/aromatic N) is 10. The molecule has 0 atom stereocenters. The minimum atomic E-state index is 0. The van der Waals surface area contributed by atoms with Crippen LogP contribution in [-0.2, 0) is 0 Å². The Morgan fingerprint density at radius 3 is 1.47 bits per heavy atom. The molecule has 6 aromatic carbocycles. The van der Waals surface area contributed by atoms with Gasteiger partial charge >= 0.3 is 29.6 Å². The molecule has 3 aromatic heterocycles. The van der Waals surface area contributed by atoms with Crippen molar-refractivity contribution in [2.45, 2.75) is 7.43 Å². The fraction of sp³-hybridized carbons (Fsp3) is 0.0408. The Morgan fingerprint density at radius 1 is 0.671 bits per heavy atom. The van der Waals surface area contributed by atoms with Gasteiger partial charge in [0.1, 0.15) is 15.0 Å². The molecule has 0 bridgehead atoms. The summed E-state index contributed by atoms with van der Waals surface area (Å²) in [7, 11) is 0. The van der Waals surface area contributed by atoms with Gasteiger partial charge in [-0.25, -0.2) is 19.7 Å². The molecule has 344 valence electrons. The molecule has 3 heterocycles. The van der Waals surface area contributed by atoms with Crippen LogP contribution in [0.3, 0.4) is 0 Å². The molecular weight excluding hydrogens is 1080 g/mol. The molecule has 0 aliphatic rings. The molecule has 0 fully saturated rings. The van der Waals surface area contributed by atoms with Crippen molar-refractivity contribution < 1.29 is 34.4 Å². The van der Waals surface area contributed by atoms with E-state index in [1.807, 2.05) is 108 Å². The number of thiazole rings is 2. The van der Waals surface area contributed by atoms with Crippen molar-refractivity contribution in [2.24, 2.45) is 5.73 Å². The minimum absolute atomic E-state index is 0. The van der Waals surface area contributed by atoms with Crippen LogP contribution in [0.1, 0.15) is 23.3 Å². The SMILES string of the molecule is C.Clc1ccccc1-c1nc(-c2ccc(-c3nn[nH]n3)cc2)cs1.NC(=S)c1ccccc1Cl.[C-]#[N+]c1ccc(-c2csc(-c3ccccc3Cl)n2)cc1.[C-]#[N+]c1ccc(C(=O)CBr)cc1.[N-]=[N+]=[N-].[Na+]. The van der Waals surface area contributed by atoms with Crippen molar-refractivity contribution >= 4 is 108 Å². The Kier molecular flexibility index (Phi) is 25.3. The largest absolute Gasteiger partial charge is 1.00 e. The van der Waals surface area contributed by atoms with E-state index in [2.05, 4.69) is 56.2 Å². The van der Waals surface area contributed by atoms with Gasteiger partial charge in [-0.3, -0.25) is 9.71 Å². The van der Waals surface area contributed by atoms with E-state index < -0.39 is 0 Å². The second kappa shape index (κ2) is 30.5. The summed E-state index contributed by atoms with van der Waals surface area (Å²) in [4.78, 5) is 28.8. The fourth-order valence-electron chi connectivity index (χ4n) is 5.57. The van der Waals surface area contributed by atoms with E-state index in [4.69, 9.17) is 77.0 Å². The van der Waals surface area contributed by atoms with Gasteiger partial charge in [-0.05, 0) is 29.0 Å². The minimum Gasteiger partial charge on any atom is -0.389 e. The second-order valence-corrected chi connectivity index (χ2v) is 17.1. The van der Waals surface area contributed by atoms with Gasteiger partial charge in [-0.1, -0.05) is 198 Å². The predicted octanol–water partition coefficient (Wildman–Crippen LogP) is 13.3. The van der Waals surface area contributed by atoms with E-state index in [9.17, 15) is 4.79 Å². The van der Waals surface area contributed by atoms with Gasteiger partial charge in [0.2, 0.25) is 5.82 Å². The number of benzene rings is 6. The first kappa shape index (κ1) is 58.2. The number of hydrogen-bond donors (Lipinski definition) is 2. The Labute approximate surface area is 463 Å². The van der Waals surface area contributed by atoms with Crippen molar-refractivity contribution in [1.82, 2.24) is 30.6 Å². The molecule has 0 spiro atoms. The van der Waals surface area contributed by atoms with Crippen LogP contribution in [-0.4, -0.2) is 46.7 Å². The van der Waals surface area contributed by atoms with Gasteiger partial charge in [-0.2, -0.15) is 5.21 Å². The van der Waals surface area contributed by atoms with Crippen LogP contribution < -0.4 is 35.3 Å². The number of rotatable bonds is 8. The second-order valence-electron chi connectivity index (χ2n) is 13.2. The maximum atomic E-state index is 11.1. The topological polar surface area (TPSA) is 191 Å². The fourth-order valence-corrected chi connectivity index (χ4v) is 8.66. The summed E-state index contributed by atoms with van der Waals surface area (Å²) in [5, 5.41) is 22.1. The van der Waals surface area contributed by atoms with E-state index >= 15 is 0 Å². The van der Waals surface area contributed by atoms with E-state index in [0.717, 1.165) is 54.8 Å². The van der Waals surface area contributed by atoms with E-state index in [0.29, 0.717) is 48.1 Å². The number of H-pyrrole nitrogens is 1. The number of tetrazole rings is 1. The third-order valence-electron chi connectivity index (χ3n) is 8.87. The number of nitrogens with two attached hydrogens (primary N) is 1. The molecule has 0 saturated carbocycles. The van der Waals surface area contributed by atoms with Crippen LogP contribution in [0.4, 0.5) is 11.4 Å². The molecule has 0 unspecified atom stereocenters. The smallest absolute Gasteiger partial charge is 0.389 e. The normalized spacial score (nSPS) is 9.46. The van der Waals surface area contributed by atoms with Crippen molar-refractivity contribution in [2.75, 3.05) is 5.33 Å². The molecule has 21 heteroatoms. The zero-order chi connectivity index (χ0) is 48.8. The van der Waals surface area contributed by atoms with Crippen molar-refractivity contribution in [1.29, 1.82) is 0 Å². The summed E-state index contributed by atoms with van der Waals surface area (Å²) in [6.07, 6.45) is 0. The number of nitrogens with one attached hydrogen (secondary N) is 1. The maximum absolute atomic E-state index is 11.1. The van der Waals surface area contributed by atoms with Crippen LogP contribution in [0.5, 0.6) is 0 Å². The van der Waals surface area contributed by atoms with Crippen LogP contribution in [0.15, 0.2) is 156 Å². The van der Waals surface area contributed by atoms with Gasteiger partial charge in [0.05, 0.1) is 44.9 Å². The molecule has 70 heavy (non-hydrogen) atoms. The molecule has 0 amide bonds. The maximum Gasteiger partial charge on any atom is 1.00 e. The number of ketones is 1. The number of Topliss-reactive ketones (excluding diaryl/α,β-unsaturated/α-hetero) is 1. The van der Waals surface area contributed by atoms with Gasteiger partial charge in [0, 0.05) is 44.1 Å². The summed E-state index contributed by atoms with van der Waals surface area (Å²) in [6, 6.07) is 44.6. The van der Waals surface area contributed by atoms with Crippen molar-refractivity contribution in [3.05, 3.63) is 221 Å². The summed E-state index contributed by atoms with van der Waals surface area (Å²) in [5.74, 6) is 0.609. The molecule has 0 aliphatic carbocycles. The number of aromatic amines is 1. The molecule has 9 rings (SSSR count). The van der Waals surface area contributed by atoms with Gasteiger partial charge in [0.15, 0.2) is 17.2 Å². The molecular formula is C49H35BrCl3N12NaOS3. The zero-order valence-corrected chi connectivity index (χ0v) is 44.2. The Balaban J connectivity index is 0.000000251. The average Bonchev–Trinajstić information content (AvgIpc) is 4.20. The van der Waals surface area contributed by atoms with Crippen LogP contribution in [0, 0.1) is 13.1 Å². The number of hydrogen-bond acceptors (Lipinski definition) is 9. The van der Waals surface area contributed by atoms with Crippen LogP contribution >= 0.6 is 85.6 Å². The third kappa shape index (κ3) is 17.1. The first-order valence-electron chi connectivity index (χ1n) is 19.3. The number of halogens is 4. The monoisotopic (exact) mass is 1110 g/mol. The summed E-state index contributed by atoms with van der Waals surface area (Å²) < 4.78 is 0. The Morgan fingerprint density at radius 2 is 1.09 bits per heavy atom. The summed E-state index contributed by atoms with van der Waals surface area (Å²) in [5.41, 5.74) is 28.1. The van der Waals surface area contributed by atoms with Crippen molar-refractivity contribution in [3.8, 4) is 55.0 Å². The third-order valence-corrected chi connectivity index (χ3v) is 12.3. The standard InChI is InChI=1S/C16H10ClN5S.C16H9ClN2S.C9H6BrNO.C7H6ClNS.CH4.N3.Na/c17-13-4-2-1-3-12(13)16-18-14(9-23-16)10-5-7-11(8-6-10)15-19-21-22-20-15;1-18-12-8-6-11(7-9-12)15-10-20-16(19-15)13-4-2-3-5-14(13)17;1-11-8-4-2-7(3-5-8)9(12)6-10;8-6-4-2-1-3-5(6)7(9)10;;1-3-2;/h1-9H,(H,19,20,21,22);2-10H;2-5H,6H2;1-4H,(H2,9,10);1H4;;/q;;;;;-1;+1. The molecule has 13 nitrogen and oxygen atoms in total. The van der Waals surface area contributed by atoms with Gasteiger partial charge < -0.3 is 16.8 Å². The van der Waals surface area contributed by atoms with E-state index in [-0.39, 0.29) is 42.8 Å². The van der Waals surface area contributed by atoms with E-state index in [1.165, 1.54) is 4.91 Å². The Hall–Kier alpha value is -6.15. The molecule has 3 N–H and O–H groups in total. The van der Waals surface area contributed by atoms with Crippen LogP contribution in [0.2, 0.25) is 15.1 Å². The van der Waals surface area contributed by atoms with Crippen LogP contribution in [0.25, 0.3) is 80.7 Å². The van der Waals surface area contributed by atoms with Gasteiger partial charge in [0.25, 0.3) is 0 Å². The predicted molar refractivity (Wildman–Crippen MR) is 290 cm³/mol. The number of carbonyl (C=O) groups excluding carboxylic acids is 1. The quantitative estimate of drug-likeness (QED) is 0.0219. The average molecular weight is 1110 g/mol. The molecule has 9 aromatic rings. The van der Waals surface area contributed by atoms with E-state index in [1.54, 1.807) is 71.2 Å². The first-order chi connectivity index (χ1) is 33.0. The number of carbonyl (C=O) groups is 1. The molecule has 0 aliphatic heterocycles. The number of aromatic nitrogens is 6. The number of alkyl halides is 1. The zero-order valence-electron chi connectivity index (χ0n) is 35.9. The molecule has 0 radical (unpaired) electrons. The van der Waals surface area contributed by atoms with Gasteiger partial charge in [-0.15, -0.1) is 32.9 Å². The molecule has 0 saturated heterocycles. The summed E-state index contributed by atoms with van der Waals surface area (Å²) in [6.45, 7) is 13.7.